The molecule has 0 aromatic carbocycles. The van der Waals surface area contributed by atoms with Crippen LogP contribution in [0.15, 0.2) is 0 Å². The molecule has 1 aliphatic carbocycles. The first-order chi connectivity index (χ1) is 8.36. The Morgan fingerprint density at radius 3 is 2.33 bits per heavy atom. The van der Waals surface area contributed by atoms with Crippen molar-refractivity contribution in [2.45, 2.75) is 84.3 Å². The summed E-state index contributed by atoms with van der Waals surface area (Å²) in [5.74, 6) is 0.729. The maximum Gasteiger partial charge on any atom is 0.0368 e. The molecule has 0 radical (unpaired) electrons. The fraction of sp³-hybridized carbons (Fsp3) is 1.00. The number of nitrogens with zero attached hydrogens (tertiary/aromatic N) is 1. The number of hydrogen-bond donors (Lipinski definition) is 1. The van der Waals surface area contributed by atoms with Crippen molar-refractivity contribution in [3.8, 4) is 0 Å². The first kappa shape index (κ1) is 14.3. The van der Waals surface area contributed by atoms with Crippen LogP contribution in [0.4, 0.5) is 0 Å². The Morgan fingerprint density at radius 1 is 1.22 bits per heavy atom. The second-order valence-corrected chi connectivity index (χ2v) is 7.65. The van der Waals surface area contributed by atoms with E-state index in [1.807, 2.05) is 0 Å². The average Bonchev–Trinajstić information content (AvgIpc) is 2.77. The van der Waals surface area contributed by atoms with Crippen molar-refractivity contribution in [2.24, 2.45) is 17.1 Å². The molecule has 4 unspecified atom stereocenters. The van der Waals surface area contributed by atoms with E-state index in [0.29, 0.717) is 5.41 Å². The highest BCUT2D eigenvalue weighted by atomic mass is 15.3. The van der Waals surface area contributed by atoms with Crippen LogP contribution in [0.25, 0.3) is 0 Å². The molecule has 18 heavy (non-hydrogen) atoms. The zero-order chi connectivity index (χ0) is 13.6. The molecule has 1 aliphatic heterocycles. The van der Waals surface area contributed by atoms with E-state index in [0.717, 1.165) is 24.5 Å². The molecule has 2 nitrogen and oxygen atoms in total. The molecule has 1 saturated heterocycles. The van der Waals surface area contributed by atoms with Crippen LogP contribution in [0.1, 0.15) is 66.7 Å². The summed E-state index contributed by atoms with van der Waals surface area (Å²) in [6.07, 6.45) is 6.60. The van der Waals surface area contributed by atoms with E-state index in [1.54, 1.807) is 0 Å². The molecule has 2 heteroatoms. The predicted octanol–water partition coefficient (Wildman–Crippen LogP) is 3.40. The summed E-state index contributed by atoms with van der Waals surface area (Å²) in [6.45, 7) is 12.8. The molecule has 0 spiro atoms. The van der Waals surface area contributed by atoms with Gasteiger partial charge >= 0.3 is 0 Å². The van der Waals surface area contributed by atoms with E-state index in [-0.39, 0.29) is 5.54 Å². The van der Waals surface area contributed by atoms with Crippen molar-refractivity contribution in [3.05, 3.63) is 0 Å². The monoisotopic (exact) mass is 252 g/mol. The van der Waals surface area contributed by atoms with Crippen LogP contribution in [0.3, 0.4) is 0 Å². The van der Waals surface area contributed by atoms with E-state index < -0.39 is 0 Å². The molecule has 0 amide bonds. The largest absolute Gasteiger partial charge is 0.329 e. The first-order valence-electron chi connectivity index (χ1n) is 7.85. The number of hydrogen-bond acceptors (Lipinski definition) is 2. The lowest BCUT2D eigenvalue weighted by Crippen LogP contribution is -2.59. The van der Waals surface area contributed by atoms with Gasteiger partial charge in [-0.2, -0.15) is 0 Å². The Hall–Kier alpha value is -0.0800. The van der Waals surface area contributed by atoms with Gasteiger partial charge in [-0.15, -0.1) is 0 Å². The van der Waals surface area contributed by atoms with Crippen molar-refractivity contribution >= 4 is 0 Å². The second-order valence-electron chi connectivity index (χ2n) is 7.65. The molecule has 2 fully saturated rings. The van der Waals surface area contributed by atoms with Crippen LogP contribution >= 0.6 is 0 Å². The minimum atomic E-state index is 0.264. The number of likely N-dealkylation sites (tertiary alicyclic amines) is 1. The molecule has 0 aromatic rings. The van der Waals surface area contributed by atoms with Crippen molar-refractivity contribution in [1.29, 1.82) is 0 Å². The Labute approximate surface area is 113 Å². The molecule has 2 N–H and O–H groups in total. The van der Waals surface area contributed by atoms with Gasteiger partial charge in [0.25, 0.3) is 0 Å². The van der Waals surface area contributed by atoms with Crippen molar-refractivity contribution in [1.82, 2.24) is 4.90 Å². The molecule has 4 atom stereocenters. The lowest BCUT2D eigenvalue weighted by molar-refractivity contribution is 0.0171. The molecule has 2 aliphatic rings. The van der Waals surface area contributed by atoms with Crippen molar-refractivity contribution < 1.29 is 0 Å². The Morgan fingerprint density at radius 2 is 1.89 bits per heavy atom. The third kappa shape index (κ3) is 2.12. The van der Waals surface area contributed by atoms with Gasteiger partial charge in [0.1, 0.15) is 0 Å². The summed E-state index contributed by atoms with van der Waals surface area (Å²) in [6, 6.07) is 1.48. The summed E-state index contributed by atoms with van der Waals surface area (Å²) in [5.41, 5.74) is 7.02. The number of rotatable bonds is 3. The lowest BCUT2D eigenvalue weighted by Gasteiger charge is -2.48. The van der Waals surface area contributed by atoms with E-state index in [1.165, 1.54) is 32.1 Å². The first-order valence-corrected chi connectivity index (χ1v) is 7.85. The molecule has 2 rings (SSSR count). The quantitative estimate of drug-likeness (QED) is 0.834. The second kappa shape index (κ2) is 4.79. The minimum Gasteiger partial charge on any atom is -0.329 e. The van der Waals surface area contributed by atoms with Crippen LogP contribution in [0.2, 0.25) is 0 Å². The van der Waals surface area contributed by atoms with Crippen LogP contribution in [0.5, 0.6) is 0 Å². The maximum absolute atomic E-state index is 6.30. The molecule has 106 valence electrons. The summed E-state index contributed by atoms with van der Waals surface area (Å²) < 4.78 is 0. The fourth-order valence-corrected chi connectivity index (χ4v) is 5.09. The van der Waals surface area contributed by atoms with E-state index in [9.17, 15) is 0 Å². The standard InChI is InChI=1S/C16H32N2/c1-6-14-8-7-13(3)18(14)16(11-17)10-15(4,5)9-12(16)2/h12-14H,6-11,17H2,1-5H3. The van der Waals surface area contributed by atoms with Crippen molar-refractivity contribution in [3.63, 3.8) is 0 Å². The maximum atomic E-state index is 6.30. The molecular weight excluding hydrogens is 220 g/mol. The minimum absolute atomic E-state index is 0.264. The highest BCUT2D eigenvalue weighted by Gasteiger charge is 2.54. The Balaban J connectivity index is 2.32. The van der Waals surface area contributed by atoms with Gasteiger partial charge in [-0.3, -0.25) is 4.90 Å². The molecule has 1 heterocycles. The van der Waals surface area contributed by atoms with Crippen LogP contribution in [-0.4, -0.2) is 29.1 Å². The highest BCUT2D eigenvalue weighted by Crippen LogP contribution is 2.52. The van der Waals surface area contributed by atoms with E-state index in [2.05, 4.69) is 39.5 Å². The van der Waals surface area contributed by atoms with Crippen LogP contribution in [-0.2, 0) is 0 Å². The van der Waals surface area contributed by atoms with Gasteiger partial charge in [-0.1, -0.05) is 27.7 Å². The third-order valence-electron chi connectivity index (χ3n) is 5.69. The van der Waals surface area contributed by atoms with Gasteiger partial charge < -0.3 is 5.73 Å². The SMILES string of the molecule is CCC1CCC(C)N1C1(CN)CC(C)(C)CC1C. The van der Waals surface area contributed by atoms with E-state index >= 15 is 0 Å². The van der Waals surface area contributed by atoms with Crippen molar-refractivity contribution in [2.75, 3.05) is 6.54 Å². The summed E-state index contributed by atoms with van der Waals surface area (Å²) in [4.78, 5) is 2.83. The predicted molar refractivity (Wildman–Crippen MR) is 78.6 cm³/mol. The summed E-state index contributed by atoms with van der Waals surface area (Å²) >= 11 is 0. The van der Waals surface area contributed by atoms with Gasteiger partial charge in [0, 0.05) is 24.2 Å². The van der Waals surface area contributed by atoms with Crippen LogP contribution in [0, 0.1) is 11.3 Å². The number of nitrogens with two attached hydrogens (primary N) is 1. The molecule has 0 bridgehead atoms. The zero-order valence-electron chi connectivity index (χ0n) is 13.0. The molecule has 0 aromatic heterocycles. The summed E-state index contributed by atoms with van der Waals surface area (Å²) in [7, 11) is 0. The zero-order valence-corrected chi connectivity index (χ0v) is 13.0. The van der Waals surface area contributed by atoms with Gasteiger partial charge in [-0.05, 0) is 50.4 Å². The van der Waals surface area contributed by atoms with Gasteiger partial charge in [-0.25, -0.2) is 0 Å². The average molecular weight is 252 g/mol. The van der Waals surface area contributed by atoms with Gasteiger partial charge in [0.05, 0.1) is 0 Å². The third-order valence-corrected chi connectivity index (χ3v) is 5.69. The normalized spacial score (nSPS) is 44.7. The smallest absolute Gasteiger partial charge is 0.0368 e. The Bertz CT molecular complexity index is 299. The van der Waals surface area contributed by atoms with Gasteiger partial charge in [0.2, 0.25) is 0 Å². The molecular formula is C16H32N2. The Kier molecular flexibility index (Phi) is 3.81. The molecule has 1 saturated carbocycles. The highest BCUT2D eigenvalue weighted by molar-refractivity contribution is 5.10. The van der Waals surface area contributed by atoms with E-state index in [4.69, 9.17) is 5.73 Å². The lowest BCUT2D eigenvalue weighted by atomic mass is 9.83. The topological polar surface area (TPSA) is 29.3 Å². The summed E-state index contributed by atoms with van der Waals surface area (Å²) in [5, 5.41) is 0. The van der Waals surface area contributed by atoms with Crippen LogP contribution < -0.4 is 5.73 Å². The van der Waals surface area contributed by atoms with Gasteiger partial charge in [0.15, 0.2) is 0 Å². The fourth-order valence-electron chi connectivity index (χ4n) is 5.09.